The first kappa shape index (κ1) is 11.1. The number of benzene rings is 1. The second-order valence-corrected chi connectivity index (χ2v) is 3.62. The Kier molecular flexibility index (Phi) is 2.74. The van der Waals surface area contributed by atoms with Crippen LogP contribution in [0.2, 0.25) is 0 Å². The smallest absolute Gasteiger partial charge is 0.354 e. The number of nitrogens with two attached hydrogens (primary N) is 1. The zero-order valence-corrected chi connectivity index (χ0v) is 9.21. The van der Waals surface area contributed by atoms with Gasteiger partial charge < -0.3 is 10.8 Å². The van der Waals surface area contributed by atoms with Gasteiger partial charge >= 0.3 is 5.97 Å². The van der Waals surface area contributed by atoms with Crippen LogP contribution in [-0.4, -0.2) is 21.0 Å². The topological polar surface area (TPSA) is 89.1 Å². The minimum absolute atomic E-state index is 0.101. The number of anilines is 1. The first-order valence-corrected chi connectivity index (χ1v) is 5.02. The highest BCUT2D eigenvalue weighted by Gasteiger charge is 2.11. The lowest BCUT2D eigenvalue weighted by Crippen LogP contribution is -2.06. The molecular formula is C12H11N3O2. The number of nitrogens with zero attached hydrogens (tertiary/aromatic N) is 2. The fourth-order valence-corrected chi connectivity index (χ4v) is 1.52. The summed E-state index contributed by atoms with van der Waals surface area (Å²) < 4.78 is 0. The number of aromatic carboxylic acids is 1. The van der Waals surface area contributed by atoms with Gasteiger partial charge in [0.2, 0.25) is 0 Å². The third kappa shape index (κ3) is 2.23. The van der Waals surface area contributed by atoms with E-state index in [9.17, 15) is 4.79 Å². The van der Waals surface area contributed by atoms with E-state index >= 15 is 0 Å². The number of hydrogen-bond acceptors (Lipinski definition) is 4. The SMILES string of the molecule is Cc1ccccc1-c1nc(N)cc(C(=O)O)n1. The summed E-state index contributed by atoms with van der Waals surface area (Å²) in [5.41, 5.74) is 7.22. The molecule has 0 spiro atoms. The van der Waals surface area contributed by atoms with Gasteiger partial charge in [-0.05, 0) is 12.5 Å². The fourth-order valence-electron chi connectivity index (χ4n) is 1.52. The second-order valence-electron chi connectivity index (χ2n) is 3.62. The predicted octanol–water partition coefficient (Wildman–Crippen LogP) is 1.73. The van der Waals surface area contributed by atoms with E-state index in [1.54, 1.807) is 0 Å². The van der Waals surface area contributed by atoms with Gasteiger partial charge in [-0.1, -0.05) is 24.3 Å². The molecule has 1 aromatic heterocycles. The Balaban J connectivity index is 2.60. The van der Waals surface area contributed by atoms with Gasteiger partial charge in [0.25, 0.3) is 0 Å². The summed E-state index contributed by atoms with van der Waals surface area (Å²) in [5, 5.41) is 8.90. The zero-order valence-electron chi connectivity index (χ0n) is 9.21. The molecule has 5 nitrogen and oxygen atoms in total. The van der Waals surface area contributed by atoms with Crippen LogP contribution < -0.4 is 5.73 Å². The molecule has 0 aliphatic heterocycles. The molecular weight excluding hydrogens is 218 g/mol. The number of carboxylic acid groups (broad SMARTS) is 1. The molecule has 17 heavy (non-hydrogen) atoms. The molecule has 0 unspecified atom stereocenters. The molecule has 86 valence electrons. The summed E-state index contributed by atoms with van der Waals surface area (Å²) in [6.07, 6.45) is 0. The second kappa shape index (κ2) is 4.21. The zero-order chi connectivity index (χ0) is 12.4. The summed E-state index contributed by atoms with van der Waals surface area (Å²) in [7, 11) is 0. The van der Waals surface area contributed by atoms with E-state index in [-0.39, 0.29) is 11.5 Å². The highest BCUT2D eigenvalue weighted by atomic mass is 16.4. The van der Waals surface area contributed by atoms with Gasteiger partial charge in [0, 0.05) is 11.6 Å². The third-order valence-corrected chi connectivity index (χ3v) is 2.35. The van der Waals surface area contributed by atoms with Gasteiger partial charge in [-0.2, -0.15) is 0 Å². The lowest BCUT2D eigenvalue weighted by Gasteiger charge is -2.05. The van der Waals surface area contributed by atoms with Crippen molar-refractivity contribution >= 4 is 11.8 Å². The van der Waals surface area contributed by atoms with Crippen LogP contribution >= 0.6 is 0 Å². The van der Waals surface area contributed by atoms with Crippen LogP contribution in [0.15, 0.2) is 30.3 Å². The van der Waals surface area contributed by atoms with Crippen molar-refractivity contribution in [2.45, 2.75) is 6.92 Å². The lowest BCUT2D eigenvalue weighted by molar-refractivity contribution is 0.0690. The van der Waals surface area contributed by atoms with Crippen molar-refractivity contribution in [2.24, 2.45) is 0 Å². The summed E-state index contributed by atoms with van der Waals surface area (Å²) in [6.45, 7) is 1.91. The third-order valence-electron chi connectivity index (χ3n) is 2.35. The molecule has 0 amide bonds. The average Bonchev–Trinajstić information content (AvgIpc) is 2.28. The van der Waals surface area contributed by atoms with Gasteiger partial charge in [-0.15, -0.1) is 0 Å². The van der Waals surface area contributed by atoms with Crippen molar-refractivity contribution in [3.8, 4) is 11.4 Å². The Morgan fingerprint density at radius 2 is 2.00 bits per heavy atom. The maximum absolute atomic E-state index is 10.9. The number of nitrogen functional groups attached to an aromatic ring is 1. The van der Waals surface area contributed by atoms with Crippen LogP contribution in [0.5, 0.6) is 0 Å². The first-order valence-electron chi connectivity index (χ1n) is 5.02. The van der Waals surface area contributed by atoms with Crippen LogP contribution in [0.1, 0.15) is 16.1 Å². The molecule has 0 atom stereocenters. The van der Waals surface area contributed by atoms with Gasteiger partial charge in [-0.3, -0.25) is 0 Å². The van der Waals surface area contributed by atoms with Crippen molar-refractivity contribution in [3.63, 3.8) is 0 Å². The van der Waals surface area contributed by atoms with Gasteiger partial charge in [-0.25, -0.2) is 14.8 Å². The Bertz CT molecular complexity index is 582. The Labute approximate surface area is 98.0 Å². The van der Waals surface area contributed by atoms with Crippen LogP contribution in [0, 0.1) is 6.92 Å². The van der Waals surface area contributed by atoms with E-state index in [0.717, 1.165) is 11.1 Å². The molecule has 0 saturated carbocycles. The van der Waals surface area contributed by atoms with Crippen molar-refractivity contribution < 1.29 is 9.90 Å². The number of carboxylic acids is 1. The van der Waals surface area contributed by atoms with Gasteiger partial charge in [0.05, 0.1) is 0 Å². The highest BCUT2D eigenvalue weighted by molar-refractivity contribution is 5.86. The number of aryl methyl sites for hydroxylation is 1. The molecule has 0 fully saturated rings. The van der Waals surface area contributed by atoms with E-state index in [2.05, 4.69) is 9.97 Å². The highest BCUT2D eigenvalue weighted by Crippen LogP contribution is 2.20. The molecule has 0 bridgehead atoms. The lowest BCUT2D eigenvalue weighted by atomic mass is 10.1. The van der Waals surface area contributed by atoms with Crippen LogP contribution in [0.25, 0.3) is 11.4 Å². The first-order chi connectivity index (χ1) is 8.08. The van der Waals surface area contributed by atoms with E-state index < -0.39 is 5.97 Å². The maximum Gasteiger partial charge on any atom is 0.354 e. The van der Waals surface area contributed by atoms with Crippen LogP contribution in [0.4, 0.5) is 5.82 Å². The summed E-state index contributed by atoms with van der Waals surface area (Å²) >= 11 is 0. The molecule has 1 aromatic carbocycles. The summed E-state index contributed by atoms with van der Waals surface area (Å²) in [6, 6.07) is 8.71. The summed E-state index contributed by atoms with van der Waals surface area (Å²) in [4.78, 5) is 18.9. The van der Waals surface area contributed by atoms with Crippen molar-refractivity contribution in [1.82, 2.24) is 9.97 Å². The number of hydrogen-bond donors (Lipinski definition) is 2. The minimum Gasteiger partial charge on any atom is -0.477 e. The normalized spacial score (nSPS) is 10.2. The van der Waals surface area contributed by atoms with E-state index in [1.807, 2.05) is 31.2 Å². The standard InChI is InChI=1S/C12H11N3O2/c1-7-4-2-3-5-8(7)11-14-9(12(16)17)6-10(13)15-11/h2-6H,1H3,(H,16,17)(H2,13,14,15). The molecule has 0 radical (unpaired) electrons. The molecule has 5 heteroatoms. The Hall–Kier alpha value is -2.43. The molecule has 2 aromatic rings. The van der Waals surface area contributed by atoms with Crippen LogP contribution in [0.3, 0.4) is 0 Å². The van der Waals surface area contributed by atoms with Crippen molar-refractivity contribution in [3.05, 3.63) is 41.6 Å². The molecule has 0 aliphatic carbocycles. The molecule has 3 N–H and O–H groups in total. The Morgan fingerprint density at radius 1 is 1.29 bits per heavy atom. The van der Waals surface area contributed by atoms with E-state index in [0.29, 0.717) is 5.82 Å². The number of aromatic nitrogens is 2. The number of carbonyl (C=O) groups is 1. The van der Waals surface area contributed by atoms with E-state index in [1.165, 1.54) is 6.07 Å². The van der Waals surface area contributed by atoms with Gasteiger partial charge in [0.15, 0.2) is 11.5 Å². The molecule has 1 heterocycles. The fraction of sp³-hybridized carbons (Fsp3) is 0.0833. The average molecular weight is 229 g/mol. The largest absolute Gasteiger partial charge is 0.477 e. The molecule has 0 aliphatic rings. The molecule has 2 rings (SSSR count). The minimum atomic E-state index is -1.12. The summed E-state index contributed by atoms with van der Waals surface area (Å²) in [5.74, 6) is -0.634. The Morgan fingerprint density at radius 3 is 2.65 bits per heavy atom. The van der Waals surface area contributed by atoms with Crippen LogP contribution in [-0.2, 0) is 0 Å². The van der Waals surface area contributed by atoms with Crippen molar-refractivity contribution in [2.75, 3.05) is 5.73 Å². The molecule has 0 saturated heterocycles. The van der Waals surface area contributed by atoms with Gasteiger partial charge in [0.1, 0.15) is 5.82 Å². The number of rotatable bonds is 2. The van der Waals surface area contributed by atoms with Crippen molar-refractivity contribution in [1.29, 1.82) is 0 Å². The monoisotopic (exact) mass is 229 g/mol. The quantitative estimate of drug-likeness (QED) is 0.818. The maximum atomic E-state index is 10.9. The predicted molar refractivity (Wildman–Crippen MR) is 63.6 cm³/mol. The van der Waals surface area contributed by atoms with E-state index in [4.69, 9.17) is 10.8 Å².